The lowest BCUT2D eigenvalue weighted by Crippen LogP contribution is -2.00. The van der Waals surface area contributed by atoms with E-state index < -0.39 is 23.1 Å². The molecule has 0 aliphatic rings. The van der Waals surface area contributed by atoms with Crippen LogP contribution in [0.5, 0.6) is 5.75 Å². The number of halogens is 2. The molecule has 0 fully saturated rings. The first kappa shape index (κ1) is 7.59. The van der Waals surface area contributed by atoms with Crippen LogP contribution in [0, 0.1) is 11.6 Å². The zero-order chi connectivity index (χ0) is 8.59. The van der Waals surface area contributed by atoms with Crippen molar-refractivity contribution in [1.29, 1.82) is 0 Å². The molecule has 0 aliphatic carbocycles. The molecule has 11 heavy (non-hydrogen) atoms. The van der Waals surface area contributed by atoms with Gasteiger partial charge in [0.1, 0.15) is 0 Å². The van der Waals surface area contributed by atoms with Gasteiger partial charge in [0.05, 0.1) is 11.4 Å². The average molecular weight is 160 g/mol. The number of anilines is 2. The second-order valence-electron chi connectivity index (χ2n) is 2.03. The first-order valence-electron chi connectivity index (χ1n) is 2.76. The fourth-order valence-corrected chi connectivity index (χ4v) is 0.646. The molecule has 0 bridgehead atoms. The van der Waals surface area contributed by atoms with Crippen molar-refractivity contribution in [2.24, 2.45) is 0 Å². The molecular weight excluding hydrogens is 154 g/mol. The summed E-state index contributed by atoms with van der Waals surface area (Å²) in [7, 11) is 0. The molecule has 3 nitrogen and oxygen atoms in total. The minimum atomic E-state index is -1.38. The Morgan fingerprint density at radius 2 is 1.73 bits per heavy atom. The fourth-order valence-electron chi connectivity index (χ4n) is 0.646. The predicted molar refractivity (Wildman–Crippen MR) is 36.8 cm³/mol. The number of phenols is 1. The predicted octanol–water partition coefficient (Wildman–Crippen LogP) is 0.835. The quantitative estimate of drug-likeness (QED) is 0.389. The number of hydrogen-bond acceptors (Lipinski definition) is 3. The Hall–Kier alpha value is -1.52. The van der Waals surface area contributed by atoms with Gasteiger partial charge in [-0.2, -0.15) is 4.39 Å². The van der Waals surface area contributed by atoms with E-state index >= 15 is 0 Å². The molecule has 0 saturated heterocycles. The lowest BCUT2D eigenvalue weighted by Gasteiger charge is -2.03. The van der Waals surface area contributed by atoms with Crippen molar-refractivity contribution in [3.63, 3.8) is 0 Å². The first-order valence-corrected chi connectivity index (χ1v) is 2.76. The maximum absolute atomic E-state index is 12.5. The number of benzene rings is 1. The normalized spacial score (nSPS) is 10.0. The second-order valence-corrected chi connectivity index (χ2v) is 2.03. The summed E-state index contributed by atoms with van der Waals surface area (Å²) in [5, 5.41) is 8.65. The Morgan fingerprint density at radius 3 is 2.27 bits per heavy atom. The lowest BCUT2D eigenvalue weighted by molar-refractivity contribution is 0.409. The number of hydrogen-bond donors (Lipinski definition) is 3. The minimum Gasteiger partial charge on any atom is -0.505 e. The zero-order valence-electron chi connectivity index (χ0n) is 5.44. The molecule has 1 aromatic carbocycles. The van der Waals surface area contributed by atoms with Gasteiger partial charge in [0.2, 0.25) is 5.82 Å². The van der Waals surface area contributed by atoms with Gasteiger partial charge in [-0.25, -0.2) is 4.39 Å². The highest BCUT2D eigenvalue weighted by atomic mass is 19.2. The van der Waals surface area contributed by atoms with Crippen LogP contribution in [-0.4, -0.2) is 5.11 Å². The maximum Gasteiger partial charge on any atom is 0.202 e. The van der Waals surface area contributed by atoms with E-state index in [0.717, 1.165) is 6.07 Å². The number of nitrogen functional groups attached to an aromatic ring is 2. The van der Waals surface area contributed by atoms with E-state index in [9.17, 15) is 8.78 Å². The molecule has 0 aliphatic heterocycles. The summed E-state index contributed by atoms with van der Waals surface area (Å²) in [6.07, 6.45) is 0. The Bertz CT molecular complexity index is 275. The number of aromatic hydroxyl groups is 1. The van der Waals surface area contributed by atoms with E-state index in [1.807, 2.05) is 0 Å². The van der Waals surface area contributed by atoms with E-state index in [1.54, 1.807) is 0 Å². The highest BCUT2D eigenvalue weighted by Gasteiger charge is 2.13. The van der Waals surface area contributed by atoms with Gasteiger partial charge in [-0.1, -0.05) is 0 Å². The summed E-state index contributed by atoms with van der Waals surface area (Å²) in [5.41, 5.74) is 9.43. The molecule has 0 aromatic heterocycles. The molecule has 0 atom stereocenters. The van der Waals surface area contributed by atoms with Crippen molar-refractivity contribution in [1.82, 2.24) is 0 Å². The van der Waals surface area contributed by atoms with Crippen LogP contribution >= 0.6 is 0 Å². The Labute approximate surface area is 61.2 Å². The van der Waals surface area contributed by atoms with Crippen LogP contribution in [0.2, 0.25) is 0 Å². The Kier molecular flexibility index (Phi) is 1.56. The summed E-state index contributed by atoms with van der Waals surface area (Å²) in [6, 6.07) is 0.855. The first-order chi connectivity index (χ1) is 5.04. The molecule has 1 aromatic rings. The third-order valence-corrected chi connectivity index (χ3v) is 1.26. The van der Waals surface area contributed by atoms with Gasteiger partial charge in [0.15, 0.2) is 11.6 Å². The Morgan fingerprint density at radius 1 is 1.18 bits per heavy atom. The van der Waals surface area contributed by atoms with Crippen LogP contribution in [0.3, 0.4) is 0 Å². The van der Waals surface area contributed by atoms with Gasteiger partial charge < -0.3 is 16.6 Å². The zero-order valence-corrected chi connectivity index (χ0v) is 5.44. The van der Waals surface area contributed by atoms with Crippen molar-refractivity contribution in [2.45, 2.75) is 0 Å². The van der Waals surface area contributed by atoms with E-state index in [-0.39, 0.29) is 5.69 Å². The van der Waals surface area contributed by atoms with Crippen LogP contribution in [0.15, 0.2) is 6.07 Å². The highest BCUT2D eigenvalue weighted by molar-refractivity contribution is 5.66. The summed E-state index contributed by atoms with van der Waals surface area (Å²) < 4.78 is 24.9. The molecule has 1 rings (SSSR count). The largest absolute Gasteiger partial charge is 0.505 e. The van der Waals surface area contributed by atoms with Gasteiger partial charge in [-0.05, 0) is 0 Å². The number of phenolic OH excluding ortho intramolecular Hbond substituents is 1. The number of rotatable bonds is 0. The van der Waals surface area contributed by atoms with E-state index in [2.05, 4.69) is 0 Å². The monoisotopic (exact) mass is 160 g/mol. The maximum atomic E-state index is 12.5. The molecular formula is C6H6F2N2O. The molecule has 5 heteroatoms. The van der Waals surface area contributed by atoms with Gasteiger partial charge in [-0.3, -0.25) is 0 Å². The Balaban J connectivity index is 3.46. The van der Waals surface area contributed by atoms with Gasteiger partial charge in [-0.15, -0.1) is 0 Å². The van der Waals surface area contributed by atoms with Crippen molar-refractivity contribution in [2.75, 3.05) is 11.5 Å². The van der Waals surface area contributed by atoms with Crippen molar-refractivity contribution in [3.8, 4) is 5.75 Å². The fraction of sp³-hybridized carbons (Fsp3) is 0. The molecule has 0 spiro atoms. The van der Waals surface area contributed by atoms with E-state index in [0.29, 0.717) is 0 Å². The van der Waals surface area contributed by atoms with Gasteiger partial charge >= 0.3 is 0 Å². The minimum absolute atomic E-state index is 0.179. The van der Waals surface area contributed by atoms with Crippen molar-refractivity contribution < 1.29 is 13.9 Å². The summed E-state index contributed by atoms with van der Waals surface area (Å²) in [4.78, 5) is 0. The van der Waals surface area contributed by atoms with Crippen molar-refractivity contribution in [3.05, 3.63) is 17.7 Å². The molecule has 0 unspecified atom stereocenters. The van der Waals surface area contributed by atoms with Gasteiger partial charge in [0, 0.05) is 6.07 Å². The summed E-state index contributed by atoms with van der Waals surface area (Å²) >= 11 is 0. The topological polar surface area (TPSA) is 72.3 Å². The standard InChI is InChI=1S/C6H6F2N2O/c7-4-3(11)1-2(9)6(10)5(4)8/h1,11H,9-10H2. The van der Waals surface area contributed by atoms with Crippen LogP contribution < -0.4 is 11.5 Å². The molecule has 0 saturated carbocycles. The average Bonchev–Trinajstić information content (AvgIpc) is 1.97. The third kappa shape index (κ3) is 1.04. The molecule has 5 N–H and O–H groups in total. The lowest BCUT2D eigenvalue weighted by atomic mass is 10.2. The van der Waals surface area contributed by atoms with E-state index in [1.165, 1.54) is 0 Å². The van der Waals surface area contributed by atoms with E-state index in [4.69, 9.17) is 16.6 Å². The molecule has 0 heterocycles. The van der Waals surface area contributed by atoms with Gasteiger partial charge in [0.25, 0.3) is 0 Å². The van der Waals surface area contributed by atoms with Crippen LogP contribution in [0.4, 0.5) is 20.2 Å². The molecule has 60 valence electrons. The van der Waals surface area contributed by atoms with Crippen LogP contribution in [0.1, 0.15) is 0 Å². The number of nitrogens with two attached hydrogens (primary N) is 2. The third-order valence-electron chi connectivity index (χ3n) is 1.26. The molecule has 0 amide bonds. The van der Waals surface area contributed by atoms with Crippen LogP contribution in [-0.2, 0) is 0 Å². The second kappa shape index (κ2) is 2.26. The summed E-state index contributed by atoms with van der Waals surface area (Å²) in [6.45, 7) is 0. The smallest absolute Gasteiger partial charge is 0.202 e. The van der Waals surface area contributed by atoms with Crippen molar-refractivity contribution >= 4 is 11.4 Å². The molecule has 0 radical (unpaired) electrons. The summed E-state index contributed by atoms with van der Waals surface area (Å²) in [5.74, 6) is -3.53. The SMILES string of the molecule is Nc1cc(O)c(F)c(F)c1N. The van der Waals surface area contributed by atoms with Crippen LogP contribution in [0.25, 0.3) is 0 Å². The highest BCUT2D eigenvalue weighted by Crippen LogP contribution is 2.28.